The lowest BCUT2D eigenvalue weighted by Crippen LogP contribution is -1.96. The molecule has 0 radical (unpaired) electrons. The van der Waals surface area contributed by atoms with Crippen LogP contribution in [0.15, 0.2) is 66.7 Å². The van der Waals surface area contributed by atoms with Crippen LogP contribution in [0.25, 0.3) is 22.3 Å². The monoisotopic (exact) mass is 386 g/mol. The van der Waals surface area contributed by atoms with Crippen LogP contribution < -0.4 is 0 Å². The minimum atomic E-state index is 0.369. The number of benzene rings is 3. The molecule has 152 valence electrons. The molecule has 1 nitrogen and oxygen atoms in total. The highest BCUT2D eigenvalue weighted by Gasteiger charge is 2.16. The van der Waals surface area contributed by atoms with Crippen LogP contribution in [0.2, 0.25) is 0 Å². The summed E-state index contributed by atoms with van der Waals surface area (Å²) in [4.78, 5) is 0. The molecule has 29 heavy (non-hydrogen) atoms. The molecule has 0 saturated heterocycles. The van der Waals surface area contributed by atoms with Crippen LogP contribution in [0.4, 0.5) is 0 Å². The largest absolute Gasteiger partial charge is 0.507 e. The van der Waals surface area contributed by atoms with E-state index in [1.165, 1.54) is 60.8 Å². The Morgan fingerprint density at radius 3 is 1.69 bits per heavy atom. The van der Waals surface area contributed by atoms with Crippen molar-refractivity contribution in [2.45, 2.75) is 65.2 Å². The fraction of sp³-hybridized carbons (Fsp3) is 0.357. The average molecular weight is 387 g/mol. The third-order valence-corrected chi connectivity index (χ3v) is 5.74. The summed E-state index contributed by atoms with van der Waals surface area (Å²) in [5.41, 5.74) is 7.23. The van der Waals surface area contributed by atoms with Crippen LogP contribution in [-0.4, -0.2) is 5.11 Å². The highest BCUT2D eigenvalue weighted by atomic mass is 16.3. The van der Waals surface area contributed by atoms with Crippen LogP contribution in [-0.2, 0) is 12.8 Å². The molecular formula is C28H34O. The molecular weight excluding hydrogens is 352 g/mol. The van der Waals surface area contributed by atoms with Gasteiger partial charge in [0.05, 0.1) is 0 Å². The molecule has 0 spiro atoms. The van der Waals surface area contributed by atoms with E-state index in [4.69, 9.17) is 0 Å². The third kappa shape index (κ3) is 5.29. The Kier molecular flexibility index (Phi) is 7.93. The molecule has 3 rings (SSSR count). The SMILES string of the molecule is CCCCCc1ccccc1-c1cccc(O)c1-c1ccccc1CCCCC. The molecule has 0 bridgehead atoms. The lowest BCUT2D eigenvalue weighted by atomic mass is 9.87. The van der Waals surface area contributed by atoms with Crippen molar-refractivity contribution in [3.8, 4) is 28.0 Å². The number of rotatable bonds is 10. The van der Waals surface area contributed by atoms with E-state index >= 15 is 0 Å². The molecule has 0 aliphatic heterocycles. The molecule has 0 amide bonds. The van der Waals surface area contributed by atoms with Crippen LogP contribution in [0, 0.1) is 0 Å². The standard InChI is InChI=1S/C28H34O/c1-3-5-7-14-22-16-9-11-18-24(22)26-20-13-21-27(29)28(26)25-19-12-10-17-23(25)15-8-6-4-2/h9-13,16-21,29H,3-8,14-15H2,1-2H3. The summed E-state index contributed by atoms with van der Waals surface area (Å²) in [6.45, 7) is 4.48. The van der Waals surface area contributed by atoms with E-state index in [9.17, 15) is 5.11 Å². The van der Waals surface area contributed by atoms with E-state index in [0.717, 1.165) is 24.0 Å². The van der Waals surface area contributed by atoms with E-state index in [1.807, 2.05) is 12.1 Å². The summed E-state index contributed by atoms with van der Waals surface area (Å²) in [6, 6.07) is 23.2. The zero-order valence-electron chi connectivity index (χ0n) is 18.0. The van der Waals surface area contributed by atoms with Crippen molar-refractivity contribution in [3.63, 3.8) is 0 Å². The van der Waals surface area contributed by atoms with E-state index in [-0.39, 0.29) is 0 Å². The molecule has 3 aromatic carbocycles. The van der Waals surface area contributed by atoms with Gasteiger partial charge >= 0.3 is 0 Å². The number of aromatic hydroxyl groups is 1. The maximum Gasteiger partial charge on any atom is 0.124 e. The van der Waals surface area contributed by atoms with Crippen LogP contribution in [0.3, 0.4) is 0 Å². The van der Waals surface area contributed by atoms with Gasteiger partial charge in [0.15, 0.2) is 0 Å². The summed E-state index contributed by atoms with van der Waals surface area (Å²) >= 11 is 0. The second-order valence-corrected chi connectivity index (χ2v) is 7.93. The maximum atomic E-state index is 10.9. The molecule has 0 atom stereocenters. The quantitative estimate of drug-likeness (QED) is 0.348. The van der Waals surface area contributed by atoms with Gasteiger partial charge in [-0.2, -0.15) is 0 Å². The Morgan fingerprint density at radius 1 is 0.552 bits per heavy atom. The molecule has 0 heterocycles. The smallest absolute Gasteiger partial charge is 0.124 e. The molecule has 0 fully saturated rings. The second-order valence-electron chi connectivity index (χ2n) is 7.93. The number of phenols is 1. The van der Waals surface area contributed by atoms with Crippen molar-refractivity contribution < 1.29 is 5.11 Å². The van der Waals surface area contributed by atoms with Crippen LogP contribution in [0.5, 0.6) is 5.75 Å². The summed E-state index contributed by atoms with van der Waals surface area (Å²) in [7, 11) is 0. The first kappa shape index (κ1) is 21.2. The Balaban J connectivity index is 2.07. The number of aryl methyl sites for hydroxylation is 2. The molecule has 0 aliphatic rings. The van der Waals surface area contributed by atoms with E-state index in [2.05, 4.69) is 68.4 Å². The predicted octanol–water partition coefficient (Wildman–Crippen LogP) is 8.19. The van der Waals surface area contributed by atoms with Crippen molar-refractivity contribution in [2.24, 2.45) is 0 Å². The molecule has 0 aromatic heterocycles. The third-order valence-electron chi connectivity index (χ3n) is 5.74. The van der Waals surface area contributed by atoms with Gasteiger partial charge in [0.25, 0.3) is 0 Å². The molecule has 3 aromatic rings. The fourth-order valence-corrected chi connectivity index (χ4v) is 4.16. The van der Waals surface area contributed by atoms with Gasteiger partial charge in [0.2, 0.25) is 0 Å². The molecule has 0 unspecified atom stereocenters. The summed E-state index contributed by atoms with van der Waals surface area (Å²) in [6.07, 6.45) is 9.45. The lowest BCUT2D eigenvalue weighted by molar-refractivity contribution is 0.477. The number of unbranched alkanes of at least 4 members (excludes halogenated alkanes) is 4. The van der Waals surface area contributed by atoms with Crippen molar-refractivity contribution in [1.29, 1.82) is 0 Å². The van der Waals surface area contributed by atoms with Crippen molar-refractivity contribution in [3.05, 3.63) is 77.9 Å². The van der Waals surface area contributed by atoms with Gasteiger partial charge in [0.1, 0.15) is 5.75 Å². The summed E-state index contributed by atoms with van der Waals surface area (Å²) in [5, 5.41) is 10.9. The van der Waals surface area contributed by atoms with Gasteiger partial charge < -0.3 is 5.11 Å². The van der Waals surface area contributed by atoms with Gasteiger partial charge in [0, 0.05) is 5.56 Å². The van der Waals surface area contributed by atoms with E-state index in [1.54, 1.807) is 0 Å². The van der Waals surface area contributed by atoms with Gasteiger partial charge in [-0.1, -0.05) is 100 Å². The minimum absolute atomic E-state index is 0.369. The molecule has 0 saturated carbocycles. The van der Waals surface area contributed by atoms with Crippen molar-refractivity contribution in [2.75, 3.05) is 0 Å². The Labute approximate surface area is 176 Å². The highest BCUT2D eigenvalue weighted by molar-refractivity contribution is 5.89. The van der Waals surface area contributed by atoms with E-state index < -0.39 is 0 Å². The Bertz CT molecular complexity index is 910. The molecule has 1 heteroatoms. The first-order chi connectivity index (χ1) is 14.3. The van der Waals surface area contributed by atoms with Crippen molar-refractivity contribution >= 4 is 0 Å². The molecule has 1 N–H and O–H groups in total. The fourth-order valence-electron chi connectivity index (χ4n) is 4.16. The van der Waals surface area contributed by atoms with Gasteiger partial charge in [-0.3, -0.25) is 0 Å². The number of phenolic OH excluding ortho intramolecular Hbond substituents is 1. The lowest BCUT2D eigenvalue weighted by Gasteiger charge is -2.18. The van der Waals surface area contributed by atoms with Gasteiger partial charge in [-0.05, 0) is 59.6 Å². The normalized spacial score (nSPS) is 11.0. The number of hydrogen-bond acceptors (Lipinski definition) is 1. The number of hydrogen-bond donors (Lipinski definition) is 1. The van der Waals surface area contributed by atoms with Crippen molar-refractivity contribution in [1.82, 2.24) is 0 Å². The summed E-state index contributed by atoms with van der Waals surface area (Å²) < 4.78 is 0. The predicted molar refractivity (Wildman–Crippen MR) is 125 cm³/mol. The second kappa shape index (κ2) is 10.9. The minimum Gasteiger partial charge on any atom is -0.507 e. The van der Waals surface area contributed by atoms with Crippen LogP contribution in [0.1, 0.15) is 63.5 Å². The van der Waals surface area contributed by atoms with Crippen LogP contribution >= 0.6 is 0 Å². The Hall–Kier alpha value is -2.54. The van der Waals surface area contributed by atoms with Gasteiger partial charge in [-0.15, -0.1) is 0 Å². The first-order valence-corrected chi connectivity index (χ1v) is 11.2. The Morgan fingerprint density at radius 2 is 1.07 bits per heavy atom. The average Bonchev–Trinajstić information content (AvgIpc) is 2.75. The zero-order chi connectivity index (χ0) is 20.5. The maximum absolute atomic E-state index is 10.9. The molecule has 0 aliphatic carbocycles. The van der Waals surface area contributed by atoms with Gasteiger partial charge in [-0.25, -0.2) is 0 Å². The highest BCUT2D eigenvalue weighted by Crippen LogP contribution is 2.41. The topological polar surface area (TPSA) is 20.2 Å². The first-order valence-electron chi connectivity index (χ1n) is 11.2. The summed E-state index contributed by atoms with van der Waals surface area (Å²) in [5.74, 6) is 0.369. The van der Waals surface area contributed by atoms with E-state index in [0.29, 0.717) is 5.75 Å². The zero-order valence-corrected chi connectivity index (χ0v) is 18.0.